The zero-order valence-corrected chi connectivity index (χ0v) is 13.5. The maximum absolute atomic E-state index is 12.3. The van der Waals surface area contributed by atoms with Crippen molar-refractivity contribution in [1.82, 2.24) is 0 Å². The molecule has 0 aromatic heterocycles. The number of carbonyl (C=O) groups is 2. The van der Waals surface area contributed by atoms with Crippen molar-refractivity contribution in [3.8, 4) is 5.75 Å². The molecule has 0 spiro atoms. The Morgan fingerprint density at radius 3 is 2.60 bits per heavy atom. The van der Waals surface area contributed by atoms with Crippen LogP contribution < -0.4 is 9.64 Å². The van der Waals surface area contributed by atoms with Gasteiger partial charge in [0, 0.05) is 30.8 Å². The quantitative estimate of drug-likeness (QED) is 0.369. The summed E-state index contributed by atoms with van der Waals surface area (Å²) in [6.07, 6.45) is 0.0831. The summed E-state index contributed by atoms with van der Waals surface area (Å²) >= 11 is 0. The van der Waals surface area contributed by atoms with Crippen molar-refractivity contribution < 1.29 is 19.2 Å². The first-order chi connectivity index (χ1) is 11.9. The molecular weight excluding hydrogens is 324 g/mol. The fourth-order valence-corrected chi connectivity index (χ4v) is 2.75. The van der Waals surface area contributed by atoms with Gasteiger partial charge in [0.1, 0.15) is 5.75 Å². The van der Waals surface area contributed by atoms with Gasteiger partial charge in [-0.05, 0) is 36.8 Å². The second kappa shape index (κ2) is 6.72. The third kappa shape index (κ3) is 3.65. The van der Waals surface area contributed by atoms with Crippen LogP contribution in [-0.4, -0.2) is 23.3 Å². The number of amides is 1. The SMILES string of the molecule is Cc1cccc(N2C[C@H](C(=O)Oc3ccc([N+](=O)[O-])cc3)CC2=O)c1. The van der Waals surface area contributed by atoms with Crippen molar-refractivity contribution >= 4 is 23.3 Å². The minimum Gasteiger partial charge on any atom is -0.426 e. The first-order valence-electron chi connectivity index (χ1n) is 7.77. The minimum absolute atomic E-state index is 0.0820. The number of nitro groups is 1. The molecule has 0 unspecified atom stereocenters. The summed E-state index contributed by atoms with van der Waals surface area (Å²) in [6.45, 7) is 2.19. The molecule has 1 amide bonds. The zero-order chi connectivity index (χ0) is 18.0. The third-order valence-corrected chi connectivity index (χ3v) is 4.04. The van der Waals surface area contributed by atoms with Crippen LogP contribution in [0.25, 0.3) is 0 Å². The van der Waals surface area contributed by atoms with E-state index >= 15 is 0 Å². The van der Waals surface area contributed by atoms with Gasteiger partial charge in [-0.15, -0.1) is 0 Å². The van der Waals surface area contributed by atoms with E-state index < -0.39 is 16.8 Å². The predicted octanol–water partition coefficient (Wildman–Crippen LogP) is 2.86. The van der Waals surface area contributed by atoms with Crippen molar-refractivity contribution in [2.45, 2.75) is 13.3 Å². The minimum atomic E-state index is -0.566. The number of ether oxygens (including phenoxy) is 1. The number of carbonyl (C=O) groups excluding carboxylic acids is 2. The molecule has 0 saturated carbocycles. The summed E-state index contributed by atoms with van der Waals surface area (Å²) in [5.74, 6) is -0.992. The van der Waals surface area contributed by atoms with E-state index in [1.807, 2.05) is 31.2 Å². The molecule has 1 atom stereocenters. The Kier molecular flexibility index (Phi) is 4.47. The number of nitro benzene ring substituents is 1. The van der Waals surface area contributed by atoms with E-state index in [1.165, 1.54) is 24.3 Å². The molecule has 3 rings (SSSR count). The number of non-ortho nitro benzene ring substituents is 1. The van der Waals surface area contributed by atoms with Crippen molar-refractivity contribution in [2.75, 3.05) is 11.4 Å². The van der Waals surface area contributed by atoms with E-state index in [2.05, 4.69) is 0 Å². The first kappa shape index (κ1) is 16.6. The van der Waals surface area contributed by atoms with Crippen molar-refractivity contribution in [1.29, 1.82) is 0 Å². The van der Waals surface area contributed by atoms with Crippen LogP contribution in [0.1, 0.15) is 12.0 Å². The van der Waals surface area contributed by atoms with E-state index in [4.69, 9.17) is 4.74 Å². The summed E-state index contributed by atoms with van der Waals surface area (Å²) in [5, 5.41) is 10.6. The molecule has 2 aromatic carbocycles. The molecule has 7 nitrogen and oxygen atoms in total. The van der Waals surface area contributed by atoms with Crippen LogP contribution in [0.15, 0.2) is 48.5 Å². The maximum Gasteiger partial charge on any atom is 0.316 e. The Hall–Kier alpha value is -3.22. The molecule has 7 heteroatoms. The summed E-state index contributed by atoms with van der Waals surface area (Å²) in [7, 11) is 0. The molecule has 0 bridgehead atoms. The van der Waals surface area contributed by atoms with Gasteiger partial charge in [-0.2, -0.15) is 0 Å². The molecule has 1 saturated heterocycles. The monoisotopic (exact) mass is 340 g/mol. The van der Waals surface area contributed by atoms with Crippen LogP contribution in [0.2, 0.25) is 0 Å². The van der Waals surface area contributed by atoms with Gasteiger partial charge >= 0.3 is 5.97 Å². The Morgan fingerprint density at radius 2 is 1.96 bits per heavy atom. The van der Waals surface area contributed by atoms with Gasteiger partial charge in [-0.1, -0.05) is 12.1 Å². The molecule has 2 aromatic rings. The molecule has 1 aliphatic heterocycles. The summed E-state index contributed by atoms with van der Waals surface area (Å²) in [5.41, 5.74) is 1.71. The number of hydrogen-bond acceptors (Lipinski definition) is 5. The van der Waals surface area contributed by atoms with Crippen molar-refractivity contribution in [3.63, 3.8) is 0 Å². The van der Waals surface area contributed by atoms with Crippen molar-refractivity contribution in [3.05, 3.63) is 64.2 Å². The Labute approximate surface area is 144 Å². The van der Waals surface area contributed by atoms with Gasteiger partial charge in [0.25, 0.3) is 5.69 Å². The number of esters is 1. The van der Waals surface area contributed by atoms with Crippen LogP contribution >= 0.6 is 0 Å². The highest BCUT2D eigenvalue weighted by molar-refractivity contribution is 5.99. The van der Waals surface area contributed by atoms with Gasteiger partial charge in [0.05, 0.1) is 10.8 Å². The topological polar surface area (TPSA) is 89.8 Å². The Morgan fingerprint density at radius 1 is 1.24 bits per heavy atom. The highest BCUT2D eigenvalue weighted by Crippen LogP contribution is 2.27. The highest BCUT2D eigenvalue weighted by Gasteiger charge is 2.36. The number of anilines is 1. The first-order valence-corrected chi connectivity index (χ1v) is 7.77. The summed E-state index contributed by atoms with van der Waals surface area (Å²) in [4.78, 5) is 36.2. The number of hydrogen-bond donors (Lipinski definition) is 0. The van der Waals surface area contributed by atoms with E-state index in [1.54, 1.807) is 4.90 Å². The molecule has 1 heterocycles. The average Bonchev–Trinajstić information content (AvgIpc) is 2.97. The smallest absolute Gasteiger partial charge is 0.316 e. The number of nitrogens with zero attached hydrogens (tertiary/aromatic N) is 2. The van der Waals surface area contributed by atoms with E-state index in [0.29, 0.717) is 0 Å². The lowest BCUT2D eigenvalue weighted by atomic mass is 10.1. The van der Waals surface area contributed by atoms with Crippen molar-refractivity contribution in [2.24, 2.45) is 5.92 Å². The average molecular weight is 340 g/mol. The second-order valence-electron chi connectivity index (χ2n) is 5.92. The lowest BCUT2D eigenvalue weighted by Crippen LogP contribution is -2.27. The lowest BCUT2D eigenvalue weighted by molar-refractivity contribution is -0.384. The molecule has 0 aliphatic carbocycles. The predicted molar refractivity (Wildman–Crippen MR) is 90.4 cm³/mol. The molecule has 128 valence electrons. The summed E-state index contributed by atoms with van der Waals surface area (Å²) in [6, 6.07) is 12.8. The second-order valence-corrected chi connectivity index (χ2v) is 5.92. The fraction of sp³-hybridized carbons (Fsp3) is 0.222. The van der Waals surface area contributed by atoms with E-state index in [-0.39, 0.29) is 30.3 Å². The Balaban J connectivity index is 1.67. The van der Waals surface area contributed by atoms with Crippen LogP contribution in [0, 0.1) is 23.0 Å². The highest BCUT2D eigenvalue weighted by atomic mass is 16.6. The lowest BCUT2D eigenvalue weighted by Gasteiger charge is -2.17. The fourth-order valence-electron chi connectivity index (χ4n) is 2.75. The normalized spacial score (nSPS) is 16.8. The summed E-state index contributed by atoms with van der Waals surface area (Å²) < 4.78 is 5.25. The number of benzene rings is 2. The van der Waals surface area contributed by atoms with Crippen LogP contribution in [0.3, 0.4) is 0 Å². The zero-order valence-electron chi connectivity index (χ0n) is 13.5. The molecule has 1 aliphatic rings. The van der Waals surface area contributed by atoms with Crippen LogP contribution in [-0.2, 0) is 9.59 Å². The van der Waals surface area contributed by atoms with Gasteiger partial charge in [-0.3, -0.25) is 19.7 Å². The Bertz CT molecular complexity index is 832. The molecular formula is C18H16N2O5. The molecule has 1 fully saturated rings. The molecule has 25 heavy (non-hydrogen) atoms. The van der Waals surface area contributed by atoms with Crippen LogP contribution in [0.4, 0.5) is 11.4 Å². The van der Waals surface area contributed by atoms with Gasteiger partial charge < -0.3 is 9.64 Å². The largest absolute Gasteiger partial charge is 0.426 e. The van der Waals surface area contributed by atoms with Gasteiger partial charge in [0.15, 0.2) is 0 Å². The van der Waals surface area contributed by atoms with Crippen LogP contribution in [0.5, 0.6) is 5.75 Å². The van der Waals surface area contributed by atoms with Gasteiger partial charge in [0.2, 0.25) is 5.91 Å². The maximum atomic E-state index is 12.3. The molecule has 0 radical (unpaired) electrons. The van der Waals surface area contributed by atoms with E-state index in [0.717, 1.165) is 11.3 Å². The molecule has 0 N–H and O–H groups in total. The third-order valence-electron chi connectivity index (χ3n) is 4.04. The number of rotatable bonds is 4. The number of aryl methyl sites for hydroxylation is 1. The van der Waals surface area contributed by atoms with Gasteiger partial charge in [-0.25, -0.2) is 0 Å². The standard InChI is InChI=1S/C18H16N2O5/c1-12-3-2-4-15(9-12)19-11-13(10-17(19)21)18(22)25-16-7-5-14(6-8-16)20(23)24/h2-9,13H,10-11H2,1H3/t13-/m1/s1. The van der Waals surface area contributed by atoms with E-state index in [9.17, 15) is 19.7 Å².